The van der Waals surface area contributed by atoms with Crippen LogP contribution in [0.5, 0.6) is 0 Å². The minimum Gasteiger partial charge on any atom is -0.472 e. The molecule has 0 aliphatic carbocycles. The molecular formula is C19H23FN2O3. The van der Waals surface area contributed by atoms with Crippen molar-refractivity contribution in [3.05, 3.63) is 59.8 Å². The molecule has 2 N–H and O–H groups in total. The highest BCUT2D eigenvalue weighted by atomic mass is 19.1. The SMILES string of the molecule is CC(O)(CNC1CCN(C(=O)c2ccoc2)CC1)c1ccc(F)cc1. The van der Waals surface area contributed by atoms with Crippen molar-refractivity contribution in [2.24, 2.45) is 0 Å². The van der Waals surface area contributed by atoms with Crippen molar-refractivity contribution in [2.75, 3.05) is 19.6 Å². The van der Waals surface area contributed by atoms with E-state index in [1.54, 1.807) is 25.1 Å². The Morgan fingerprint density at radius 3 is 2.60 bits per heavy atom. The van der Waals surface area contributed by atoms with Crippen molar-refractivity contribution in [3.8, 4) is 0 Å². The largest absolute Gasteiger partial charge is 0.472 e. The molecule has 1 atom stereocenters. The number of rotatable bonds is 5. The monoisotopic (exact) mass is 346 g/mol. The van der Waals surface area contributed by atoms with E-state index in [1.807, 2.05) is 4.90 Å². The molecule has 25 heavy (non-hydrogen) atoms. The summed E-state index contributed by atoms with van der Waals surface area (Å²) in [5.41, 5.74) is 0.178. The van der Waals surface area contributed by atoms with Crippen LogP contribution in [0.25, 0.3) is 0 Å². The van der Waals surface area contributed by atoms with Crippen molar-refractivity contribution >= 4 is 5.91 Å². The summed E-state index contributed by atoms with van der Waals surface area (Å²) in [5, 5.41) is 14.0. The average molecular weight is 346 g/mol. The zero-order valence-electron chi connectivity index (χ0n) is 14.2. The third-order valence-electron chi connectivity index (χ3n) is 4.75. The molecule has 1 amide bonds. The fourth-order valence-corrected chi connectivity index (χ4v) is 3.11. The van der Waals surface area contributed by atoms with E-state index in [0.29, 0.717) is 30.8 Å². The van der Waals surface area contributed by atoms with Gasteiger partial charge in [-0.05, 0) is 43.5 Å². The number of hydrogen-bond acceptors (Lipinski definition) is 4. The van der Waals surface area contributed by atoms with Gasteiger partial charge in [-0.3, -0.25) is 4.79 Å². The molecule has 134 valence electrons. The molecule has 2 heterocycles. The van der Waals surface area contributed by atoms with Crippen LogP contribution in [0.3, 0.4) is 0 Å². The first-order valence-corrected chi connectivity index (χ1v) is 8.49. The molecule has 0 saturated carbocycles. The van der Waals surface area contributed by atoms with Crippen molar-refractivity contribution in [1.82, 2.24) is 10.2 Å². The van der Waals surface area contributed by atoms with Crippen molar-refractivity contribution in [3.63, 3.8) is 0 Å². The number of furan rings is 1. The number of hydrogen-bond donors (Lipinski definition) is 2. The summed E-state index contributed by atoms with van der Waals surface area (Å²) in [7, 11) is 0. The van der Waals surface area contributed by atoms with Gasteiger partial charge in [-0.25, -0.2) is 4.39 Å². The van der Waals surface area contributed by atoms with Gasteiger partial charge in [-0.1, -0.05) is 12.1 Å². The van der Waals surface area contributed by atoms with Crippen LogP contribution in [0.1, 0.15) is 35.7 Å². The van der Waals surface area contributed by atoms with E-state index < -0.39 is 5.60 Å². The van der Waals surface area contributed by atoms with E-state index in [1.165, 1.54) is 24.7 Å². The van der Waals surface area contributed by atoms with E-state index in [0.717, 1.165) is 12.8 Å². The zero-order valence-corrected chi connectivity index (χ0v) is 14.2. The Balaban J connectivity index is 1.49. The van der Waals surface area contributed by atoms with Gasteiger partial charge in [0.05, 0.1) is 17.4 Å². The molecule has 1 aliphatic rings. The summed E-state index contributed by atoms with van der Waals surface area (Å²) in [6.45, 7) is 3.42. The molecular weight excluding hydrogens is 323 g/mol. The van der Waals surface area contributed by atoms with Crippen LogP contribution in [0.4, 0.5) is 4.39 Å². The van der Waals surface area contributed by atoms with Crippen LogP contribution < -0.4 is 5.32 Å². The molecule has 1 unspecified atom stereocenters. The summed E-state index contributed by atoms with van der Waals surface area (Å²) in [5.74, 6) is -0.326. The Bertz CT molecular complexity index is 690. The van der Waals surface area contributed by atoms with Gasteiger partial charge in [0, 0.05) is 25.7 Å². The van der Waals surface area contributed by atoms with Crippen LogP contribution in [0.2, 0.25) is 0 Å². The van der Waals surface area contributed by atoms with E-state index in [2.05, 4.69) is 5.32 Å². The first kappa shape index (κ1) is 17.6. The van der Waals surface area contributed by atoms with Crippen LogP contribution >= 0.6 is 0 Å². The molecule has 2 aromatic rings. The van der Waals surface area contributed by atoms with Gasteiger partial charge in [0.2, 0.25) is 0 Å². The molecule has 0 bridgehead atoms. The molecule has 5 nitrogen and oxygen atoms in total. The van der Waals surface area contributed by atoms with Crippen LogP contribution in [-0.2, 0) is 5.60 Å². The number of carbonyl (C=O) groups excluding carboxylic acids is 1. The minimum absolute atomic E-state index is 0.00879. The molecule has 0 spiro atoms. The maximum atomic E-state index is 13.0. The Labute approximate surface area is 146 Å². The molecule has 6 heteroatoms. The van der Waals surface area contributed by atoms with Gasteiger partial charge in [-0.2, -0.15) is 0 Å². The number of amides is 1. The smallest absolute Gasteiger partial charge is 0.257 e. The summed E-state index contributed by atoms with van der Waals surface area (Å²) in [4.78, 5) is 14.1. The molecule has 1 saturated heterocycles. The Morgan fingerprint density at radius 1 is 1.32 bits per heavy atom. The predicted molar refractivity (Wildman–Crippen MR) is 91.6 cm³/mol. The lowest BCUT2D eigenvalue weighted by molar-refractivity contribution is 0.0481. The maximum Gasteiger partial charge on any atom is 0.257 e. The fraction of sp³-hybridized carbons (Fsp3) is 0.421. The zero-order chi connectivity index (χ0) is 17.9. The lowest BCUT2D eigenvalue weighted by atomic mass is 9.95. The molecule has 1 aromatic heterocycles. The van der Waals surface area contributed by atoms with E-state index in [-0.39, 0.29) is 17.8 Å². The van der Waals surface area contributed by atoms with Gasteiger partial charge < -0.3 is 19.7 Å². The Morgan fingerprint density at radius 2 is 2.00 bits per heavy atom. The van der Waals surface area contributed by atoms with Gasteiger partial charge in [0.25, 0.3) is 5.91 Å². The Kier molecular flexibility index (Phi) is 5.20. The number of carbonyl (C=O) groups is 1. The molecule has 1 aromatic carbocycles. The van der Waals surface area contributed by atoms with Crippen LogP contribution in [0, 0.1) is 5.82 Å². The molecule has 1 aliphatic heterocycles. The van der Waals surface area contributed by atoms with Gasteiger partial charge >= 0.3 is 0 Å². The average Bonchev–Trinajstić information content (AvgIpc) is 3.15. The number of nitrogens with one attached hydrogen (secondary N) is 1. The highest BCUT2D eigenvalue weighted by Gasteiger charge is 2.27. The van der Waals surface area contributed by atoms with Gasteiger partial charge in [-0.15, -0.1) is 0 Å². The molecule has 0 radical (unpaired) electrons. The lowest BCUT2D eigenvalue weighted by Gasteiger charge is -2.34. The predicted octanol–water partition coefficient (Wildman–Crippen LogP) is 2.52. The van der Waals surface area contributed by atoms with Crippen molar-refractivity contribution in [2.45, 2.75) is 31.4 Å². The number of halogens is 1. The summed E-state index contributed by atoms with van der Waals surface area (Å²) >= 11 is 0. The highest BCUT2D eigenvalue weighted by molar-refractivity contribution is 5.93. The summed E-state index contributed by atoms with van der Waals surface area (Å²) in [6, 6.07) is 7.81. The number of piperidine rings is 1. The fourth-order valence-electron chi connectivity index (χ4n) is 3.11. The van der Waals surface area contributed by atoms with Crippen molar-refractivity contribution < 1.29 is 18.7 Å². The molecule has 3 rings (SSSR count). The van der Waals surface area contributed by atoms with Crippen LogP contribution in [0.15, 0.2) is 47.3 Å². The highest BCUT2D eigenvalue weighted by Crippen LogP contribution is 2.21. The minimum atomic E-state index is -1.07. The number of aliphatic hydroxyl groups is 1. The van der Waals surface area contributed by atoms with Crippen LogP contribution in [-0.4, -0.2) is 41.6 Å². The third kappa shape index (κ3) is 4.27. The van der Waals surface area contributed by atoms with E-state index >= 15 is 0 Å². The van der Waals surface area contributed by atoms with E-state index in [4.69, 9.17) is 4.42 Å². The number of likely N-dealkylation sites (tertiary alicyclic amines) is 1. The topological polar surface area (TPSA) is 65.7 Å². The standard InChI is InChI=1S/C19H23FN2O3/c1-19(24,15-2-4-16(20)5-3-15)13-21-17-6-9-22(10-7-17)18(23)14-8-11-25-12-14/h2-5,8,11-12,17,21,24H,6-7,9-10,13H2,1H3. The maximum absolute atomic E-state index is 13.0. The first-order chi connectivity index (χ1) is 12.0. The first-order valence-electron chi connectivity index (χ1n) is 8.49. The van der Waals surface area contributed by atoms with Gasteiger partial charge in [0.1, 0.15) is 12.1 Å². The number of benzene rings is 1. The Hall–Kier alpha value is -2.18. The second kappa shape index (κ2) is 7.37. The normalized spacial score (nSPS) is 18.1. The summed E-state index contributed by atoms with van der Waals surface area (Å²) in [6.07, 6.45) is 4.61. The van der Waals surface area contributed by atoms with E-state index in [9.17, 15) is 14.3 Å². The second-order valence-corrected chi connectivity index (χ2v) is 6.74. The third-order valence-corrected chi connectivity index (χ3v) is 4.75. The summed E-state index contributed by atoms with van der Waals surface area (Å²) < 4.78 is 18.0. The lowest BCUT2D eigenvalue weighted by Crippen LogP contribution is -2.48. The quantitative estimate of drug-likeness (QED) is 0.873. The molecule has 1 fully saturated rings. The van der Waals surface area contributed by atoms with Crippen molar-refractivity contribution in [1.29, 1.82) is 0 Å². The number of nitrogens with zero attached hydrogens (tertiary/aromatic N) is 1. The van der Waals surface area contributed by atoms with Gasteiger partial charge in [0.15, 0.2) is 0 Å². The second-order valence-electron chi connectivity index (χ2n) is 6.74.